The maximum atomic E-state index is 13.1. The lowest BCUT2D eigenvalue weighted by atomic mass is 10.1. The molecule has 0 aliphatic heterocycles. The van der Waals surface area contributed by atoms with Gasteiger partial charge in [0.25, 0.3) is 5.91 Å². The summed E-state index contributed by atoms with van der Waals surface area (Å²) in [6.07, 6.45) is 0.579. The number of esters is 1. The van der Waals surface area contributed by atoms with Gasteiger partial charge in [-0.25, -0.2) is 0 Å². The fraction of sp³-hybridized carbons (Fsp3) is 0.579. The molecule has 8 heteroatoms. The van der Waals surface area contributed by atoms with Gasteiger partial charge in [0, 0.05) is 12.1 Å². The number of carbonyl (C=O) groups is 2. The van der Waals surface area contributed by atoms with Gasteiger partial charge in [-0.15, -0.1) is 0 Å². The number of nitrogens with zero attached hydrogens (tertiary/aromatic N) is 1. The molecule has 1 unspecified atom stereocenters. The Bertz CT molecular complexity index is 603. The van der Waals surface area contributed by atoms with E-state index in [9.17, 15) is 14.7 Å². The van der Waals surface area contributed by atoms with Gasteiger partial charge in [-0.2, -0.15) is 0 Å². The Labute approximate surface area is 160 Å². The SMILES string of the molecule is CCOC(=O)CCN(C(=O)c1cc(OC)c(OC)c(OC)c1)C(CC)CO. The molecule has 1 aromatic carbocycles. The first-order valence-corrected chi connectivity index (χ1v) is 8.84. The number of carbonyl (C=O) groups excluding carboxylic acids is 2. The van der Waals surface area contributed by atoms with Crippen molar-refractivity contribution in [3.63, 3.8) is 0 Å². The Hall–Kier alpha value is -2.48. The number of amides is 1. The van der Waals surface area contributed by atoms with Crippen LogP contribution in [0.3, 0.4) is 0 Å². The van der Waals surface area contributed by atoms with Gasteiger partial charge in [0.05, 0.1) is 47.0 Å². The minimum atomic E-state index is -0.425. The van der Waals surface area contributed by atoms with E-state index in [2.05, 4.69) is 0 Å². The third kappa shape index (κ3) is 5.75. The summed E-state index contributed by atoms with van der Waals surface area (Å²) in [7, 11) is 4.41. The molecule has 1 N–H and O–H groups in total. The number of hydrogen-bond acceptors (Lipinski definition) is 7. The van der Waals surface area contributed by atoms with Gasteiger partial charge in [0.1, 0.15) is 0 Å². The van der Waals surface area contributed by atoms with E-state index in [1.165, 1.54) is 26.2 Å². The Balaban J connectivity index is 3.21. The topological polar surface area (TPSA) is 94.5 Å². The molecule has 1 atom stereocenters. The first-order chi connectivity index (χ1) is 13.0. The van der Waals surface area contributed by atoms with Crippen molar-refractivity contribution in [2.45, 2.75) is 32.7 Å². The van der Waals surface area contributed by atoms with Crippen molar-refractivity contribution in [1.29, 1.82) is 0 Å². The third-order valence-electron chi connectivity index (χ3n) is 4.16. The van der Waals surface area contributed by atoms with E-state index in [1.807, 2.05) is 6.92 Å². The lowest BCUT2D eigenvalue weighted by molar-refractivity contribution is -0.143. The molecule has 0 fully saturated rings. The first-order valence-electron chi connectivity index (χ1n) is 8.84. The zero-order valence-corrected chi connectivity index (χ0v) is 16.6. The average Bonchev–Trinajstić information content (AvgIpc) is 2.69. The maximum Gasteiger partial charge on any atom is 0.307 e. The van der Waals surface area contributed by atoms with Crippen molar-refractivity contribution >= 4 is 11.9 Å². The van der Waals surface area contributed by atoms with Crippen LogP contribution in [-0.4, -0.2) is 69.0 Å². The van der Waals surface area contributed by atoms with Crippen LogP contribution in [0.15, 0.2) is 12.1 Å². The highest BCUT2D eigenvalue weighted by Crippen LogP contribution is 2.38. The van der Waals surface area contributed by atoms with E-state index in [-0.39, 0.29) is 32.1 Å². The Morgan fingerprint density at radius 3 is 2.07 bits per heavy atom. The molecule has 0 bridgehead atoms. The summed E-state index contributed by atoms with van der Waals surface area (Å²) in [5.41, 5.74) is 0.306. The molecule has 0 saturated heterocycles. The van der Waals surface area contributed by atoms with Crippen LogP contribution in [0.4, 0.5) is 0 Å². The van der Waals surface area contributed by atoms with Gasteiger partial charge >= 0.3 is 5.97 Å². The molecule has 1 aromatic rings. The molecule has 152 valence electrons. The highest BCUT2D eigenvalue weighted by molar-refractivity contribution is 5.96. The molecule has 0 aliphatic carbocycles. The summed E-state index contributed by atoms with van der Waals surface area (Å²) in [5, 5.41) is 9.67. The predicted octanol–water partition coefficient (Wildman–Crippen LogP) is 1.88. The molecule has 0 saturated carbocycles. The van der Waals surface area contributed by atoms with E-state index >= 15 is 0 Å². The smallest absolute Gasteiger partial charge is 0.307 e. The molecule has 0 aromatic heterocycles. The van der Waals surface area contributed by atoms with Gasteiger partial charge in [0.2, 0.25) is 5.75 Å². The summed E-state index contributed by atoms with van der Waals surface area (Å²) >= 11 is 0. The van der Waals surface area contributed by atoms with Crippen molar-refractivity contribution in [1.82, 2.24) is 4.90 Å². The molecule has 1 amide bonds. The van der Waals surface area contributed by atoms with Gasteiger partial charge in [-0.05, 0) is 25.5 Å². The van der Waals surface area contributed by atoms with Crippen molar-refractivity contribution in [2.24, 2.45) is 0 Å². The zero-order valence-electron chi connectivity index (χ0n) is 16.6. The summed E-state index contributed by atoms with van der Waals surface area (Å²) in [6.45, 7) is 3.78. The van der Waals surface area contributed by atoms with Crippen molar-refractivity contribution in [2.75, 3.05) is 41.1 Å². The second-order valence-corrected chi connectivity index (χ2v) is 5.71. The molecule has 8 nitrogen and oxygen atoms in total. The minimum absolute atomic E-state index is 0.0422. The molecule has 0 radical (unpaired) electrons. The van der Waals surface area contributed by atoms with Crippen LogP contribution in [-0.2, 0) is 9.53 Å². The highest BCUT2D eigenvalue weighted by Gasteiger charge is 2.26. The second kappa shape index (κ2) is 11.3. The summed E-state index contributed by atoms with van der Waals surface area (Å²) < 4.78 is 20.8. The quantitative estimate of drug-likeness (QED) is 0.583. The molecule has 0 aliphatic rings. The van der Waals surface area contributed by atoms with Crippen LogP contribution in [0.5, 0.6) is 17.2 Å². The summed E-state index contributed by atoms with van der Waals surface area (Å²) in [6, 6.07) is 2.67. The van der Waals surface area contributed by atoms with Crippen molar-refractivity contribution in [3.8, 4) is 17.2 Å². The van der Waals surface area contributed by atoms with Crippen LogP contribution in [0.1, 0.15) is 37.0 Å². The summed E-state index contributed by atoms with van der Waals surface area (Å²) in [4.78, 5) is 26.3. The number of ether oxygens (including phenoxy) is 4. The van der Waals surface area contributed by atoms with E-state index in [0.29, 0.717) is 29.2 Å². The lowest BCUT2D eigenvalue weighted by Crippen LogP contribution is -2.43. The van der Waals surface area contributed by atoms with E-state index in [0.717, 1.165) is 0 Å². The first kappa shape index (κ1) is 22.6. The molecule has 0 spiro atoms. The number of methoxy groups -OCH3 is 3. The number of aliphatic hydroxyl groups excluding tert-OH is 1. The van der Waals surface area contributed by atoms with Crippen molar-refractivity contribution in [3.05, 3.63) is 17.7 Å². The molecular formula is C19H29NO7. The highest BCUT2D eigenvalue weighted by atomic mass is 16.5. The standard InChI is InChI=1S/C19H29NO7/c1-6-14(12-21)20(9-8-17(22)27-7-2)19(23)13-10-15(24-3)18(26-5)16(11-13)25-4/h10-11,14,21H,6-9,12H2,1-5H3. The molecule has 0 heterocycles. The fourth-order valence-corrected chi connectivity index (χ4v) is 2.71. The molecular weight excluding hydrogens is 354 g/mol. The normalized spacial score (nSPS) is 11.5. The number of hydrogen-bond donors (Lipinski definition) is 1. The Morgan fingerprint density at radius 1 is 1.07 bits per heavy atom. The Kier molecular flexibility index (Phi) is 9.42. The zero-order chi connectivity index (χ0) is 20.4. The number of benzene rings is 1. The fourth-order valence-electron chi connectivity index (χ4n) is 2.71. The van der Waals surface area contributed by atoms with Gasteiger partial charge in [0.15, 0.2) is 11.5 Å². The second-order valence-electron chi connectivity index (χ2n) is 5.71. The van der Waals surface area contributed by atoms with E-state index < -0.39 is 12.0 Å². The van der Waals surface area contributed by atoms with Crippen LogP contribution >= 0.6 is 0 Å². The lowest BCUT2D eigenvalue weighted by Gasteiger charge is -2.30. The molecule has 1 rings (SSSR count). The van der Waals surface area contributed by atoms with Gasteiger partial charge in [-0.3, -0.25) is 9.59 Å². The van der Waals surface area contributed by atoms with Crippen LogP contribution in [0, 0.1) is 0 Å². The van der Waals surface area contributed by atoms with E-state index in [4.69, 9.17) is 18.9 Å². The predicted molar refractivity (Wildman–Crippen MR) is 99.5 cm³/mol. The van der Waals surface area contributed by atoms with Gasteiger partial charge < -0.3 is 29.0 Å². The Morgan fingerprint density at radius 2 is 1.67 bits per heavy atom. The monoisotopic (exact) mass is 383 g/mol. The van der Waals surface area contributed by atoms with Crippen LogP contribution in [0.25, 0.3) is 0 Å². The largest absolute Gasteiger partial charge is 0.493 e. The number of aliphatic hydroxyl groups is 1. The molecule has 27 heavy (non-hydrogen) atoms. The van der Waals surface area contributed by atoms with E-state index in [1.54, 1.807) is 19.1 Å². The number of rotatable bonds is 11. The van der Waals surface area contributed by atoms with Crippen LogP contribution in [0.2, 0.25) is 0 Å². The minimum Gasteiger partial charge on any atom is -0.493 e. The summed E-state index contributed by atoms with van der Waals surface area (Å²) in [5.74, 6) is 0.335. The van der Waals surface area contributed by atoms with Gasteiger partial charge in [-0.1, -0.05) is 6.92 Å². The average molecular weight is 383 g/mol. The van der Waals surface area contributed by atoms with Crippen molar-refractivity contribution < 1.29 is 33.6 Å². The van der Waals surface area contributed by atoms with Crippen LogP contribution < -0.4 is 14.2 Å². The maximum absolute atomic E-state index is 13.1. The third-order valence-corrected chi connectivity index (χ3v) is 4.16.